The van der Waals surface area contributed by atoms with Gasteiger partial charge in [0.25, 0.3) is 0 Å². The van der Waals surface area contributed by atoms with Crippen LogP contribution >= 0.6 is 0 Å². The largest absolute Gasteiger partial charge is 0.494 e. The van der Waals surface area contributed by atoms with E-state index in [1.54, 1.807) is 0 Å². The first-order chi connectivity index (χ1) is 9.01. The van der Waals surface area contributed by atoms with Crippen LogP contribution < -0.4 is 14.8 Å². The molecule has 0 heterocycles. The predicted octanol–water partition coefficient (Wildman–Crippen LogP) is 3.49. The second-order valence-electron chi connectivity index (χ2n) is 5.81. The summed E-state index contributed by atoms with van der Waals surface area (Å²) in [5.41, 5.74) is 0.392. The van der Waals surface area contributed by atoms with E-state index in [-0.39, 0.29) is 0 Å². The molecule has 0 amide bonds. The highest BCUT2D eigenvalue weighted by atomic mass is 16.5. The van der Waals surface area contributed by atoms with Gasteiger partial charge in [-0.05, 0) is 49.6 Å². The molecule has 0 unspecified atom stereocenters. The Kier molecular flexibility index (Phi) is 6.71. The molecular formula is C16H27NO2. The van der Waals surface area contributed by atoms with Crippen LogP contribution in [0.5, 0.6) is 11.5 Å². The van der Waals surface area contributed by atoms with E-state index in [1.165, 1.54) is 6.42 Å². The van der Waals surface area contributed by atoms with E-state index in [1.807, 2.05) is 31.2 Å². The van der Waals surface area contributed by atoms with E-state index in [0.717, 1.165) is 24.6 Å². The Morgan fingerprint density at radius 1 is 0.947 bits per heavy atom. The Bertz CT molecular complexity index is 341. The summed E-state index contributed by atoms with van der Waals surface area (Å²) in [4.78, 5) is 0. The van der Waals surface area contributed by atoms with Gasteiger partial charge in [0.2, 0.25) is 0 Å². The number of benzene rings is 1. The highest BCUT2D eigenvalue weighted by Crippen LogP contribution is 2.18. The molecule has 0 aliphatic rings. The quantitative estimate of drug-likeness (QED) is 0.730. The zero-order valence-electron chi connectivity index (χ0n) is 12.7. The van der Waals surface area contributed by atoms with Crippen LogP contribution in [0.1, 0.15) is 34.1 Å². The Labute approximate surface area is 117 Å². The highest BCUT2D eigenvalue weighted by molar-refractivity contribution is 5.31. The van der Waals surface area contributed by atoms with Crippen LogP contribution in [0, 0.1) is 5.41 Å². The summed E-state index contributed by atoms with van der Waals surface area (Å²) in [6.07, 6.45) is 1.18. The SMILES string of the molecule is CCOc1ccc(OCCNCCC(C)(C)C)cc1. The molecule has 1 N–H and O–H groups in total. The van der Waals surface area contributed by atoms with Gasteiger partial charge >= 0.3 is 0 Å². The lowest BCUT2D eigenvalue weighted by Crippen LogP contribution is -2.25. The number of rotatable bonds is 8. The van der Waals surface area contributed by atoms with Crippen molar-refractivity contribution >= 4 is 0 Å². The van der Waals surface area contributed by atoms with Gasteiger partial charge in [-0.2, -0.15) is 0 Å². The maximum absolute atomic E-state index is 5.65. The van der Waals surface area contributed by atoms with Gasteiger partial charge in [0.1, 0.15) is 18.1 Å². The van der Waals surface area contributed by atoms with Crippen LogP contribution in [0.3, 0.4) is 0 Å². The third kappa shape index (κ3) is 7.73. The topological polar surface area (TPSA) is 30.5 Å². The Morgan fingerprint density at radius 2 is 1.53 bits per heavy atom. The monoisotopic (exact) mass is 265 g/mol. The van der Waals surface area contributed by atoms with Gasteiger partial charge in [0, 0.05) is 6.54 Å². The van der Waals surface area contributed by atoms with Crippen molar-refractivity contribution in [3.05, 3.63) is 24.3 Å². The molecule has 0 aliphatic carbocycles. The molecule has 1 aromatic carbocycles. The molecule has 0 bridgehead atoms. The van der Waals surface area contributed by atoms with Crippen molar-refractivity contribution in [1.29, 1.82) is 0 Å². The maximum Gasteiger partial charge on any atom is 0.119 e. The maximum atomic E-state index is 5.65. The molecule has 3 nitrogen and oxygen atoms in total. The zero-order valence-corrected chi connectivity index (χ0v) is 12.7. The van der Waals surface area contributed by atoms with Gasteiger partial charge in [-0.1, -0.05) is 20.8 Å². The molecular weight excluding hydrogens is 238 g/mol. The van der Waals surface area contributed by atoms with Crippen LogP contribution in [-0.4, -0.2) is 26.3 Å². The van der Waals surface area contributed by atoms with Gasteiger partial charge in [-0.15, -0.1) is 0 Å². The lowest BCUT2D eigenvalue weighted by molar-refractivity contribution is 0.302. The molecule has 0 atom stereocenters. The van der Waals surface area contributed by atoms with Gasteiger partial charge in [0.05, 0.1) is 6.61 Å². The number of hydrogen-bond acceptors (Lipinski definition) is 3. The van der Waals surface area contributed by atoms with Crippen molar-refractivity contribution < 1.29 is 9.47 Å². The summed E-state index contributed by atoms with van der Waals surface area (Å²) in [6.45, 7) is 12.0. The van der Waals surface area contributed by atoms with Crippen molar-refractivity contribution in [2.45, 2.75) is 34.1 Å². The minimum absolute atomic E-state index is 0.392. The van der Waals surface area contributed by atoms with Crippen LogP contribution in [0.2, 0.25) is 0 Å². The Hall–Kier alpha value is -1.22. The molecule has 19 heavy (non-hydrogen) atoms. The molecule has 0 saturated carbocycles. The molecule has 1 rings (SSSR count). The molecule has 108 valence electrons. The van der Waals surface area contributed by atoms with E-state index in [4.69, 9.17) is 9.47 Å². The minimum Gasteiger partial charge on any atom is -0.494 e. The van der Waals surface area contributed by atoms with E-state index >= 15 is 0 Å². The molecule has 3 heteroatoms. The van der Waals surface area contributed by atoms with Gasteiger partial charge in [0.15, 0.2) is 0 Å². The van der Waals surface area contributed by atoms with Gasteiger partial charge in [-0.3, -0.25) is 0 Å². The van der Waals surface area contributed by atoms with Crippen LogP contribution in [-0.2, 0) is 0 Å². The standard InChI is InChI=1S/C16H27NO2/c1-5-18-14-6-8-15(9-7-14)19-13-12-17-11-10-16(2,3)4/h6-9,17H,5,10-13H2,1-4H3. The van der Waals surface area contributed by atoms with Crippen molar-refractivity contribution in [2.75, 3.05) is 26.3 Å². The first-order valence-corrected chi connectivity index (χ1v) is 7.07. The highest BCUT2D eigenvalue weighted by Gasteiger charge is 2.08. The van der Waals surface area contributed by atoms with Crippen LogP contribution in [0.4, 0.5) is 0 Å². The van der Waals surface area contributed by atoms with Gasteiger partial charge < -0.3 is 14.8 Å². The zero-order chi connectivity index (χ0) is 14.1. The van der Waals surface area contributed by atoms with Gasteiger partial charge in [-0.25, -0.2) is 0 Å². The van der Waals surface area contributed by atoms with Crippen molar-refractivity contribution in [3.8, 4) is 11.5 Å². The van der Waals surface area contributed by atoms with E-state index in [2.05, 4.69) is 26.1 Å². The summed E-state index contributed by atoms with van der Waals surface area (Å²) in [5, 5.41) is 3.39. The summed E-state index contributed by atoms with van der Waals surface area (Å²) in [7, 11) is 0. The summed E-state index contributed by atoms with van der Waals surface area (Å²) >= 11 is 0. The fraction of sp³-hybridized carbons (Fsp3) is 0.625. The lowest BCUT2D eigenvalue weighted by Gasteiger charge is -2.18. The molecule has 1 aromatic rings. The van der Waals surface area contributed by atoms with E-state index in [9.17, 15) is 0 Å². The molecule has 0 aliphatic heterocycles. The van der Waals surface area contributed by atoms with E-state index in [0.29, 0.717) is 18.6 Å². The second kappa shape index (κ2) is 8.05. The average molecular weight is 265 g/mol. The smallest absolute Gasteiger partial charge is 0.119 e. The normalized spacial score (nSPS) is 11.4. The Balaban J connectivity index is 2.12. The van der Waals surface area contributed by atoms with Crippen molar-refractivity contribution in [1.82, 2.24) is 5.32 Å². The second-order valence-corrected chi connectivity index (χ2v) is 5.81. The fourth-order valence-electron chi connectivity index (χ4n) is 1.63. The third-order valence-corrected chi connectivity index (χ3v) is 2.73. The first-order valence-electron chi connectivity index (χ1n) is 7.07. The molecule has 0 radical (unpaired) electrons. The molecule has 0 aromatic heterocycles. The molecule has 0 saturated heterocycles. The third-order valence-electron chi connectivity index (χ3n) is 2.73. The average Bonchev–Trinajstić information content (AvgIpc) is 2.35. The molecule has 0 spiro atoms. The number of hydrogen-bond donors (Lipinski definition) is 1. The minimum atomic E-state index is 0.392. The first kappa shape index (κ1) is 15.8. The number of ether oxygens (including phenoxy) is 2. The lowest BCUT2D eigenvalue weighted by atomic mass is 9.92. The summed E-state index contributed by atoms with van der Waals surface area (Å²) in [5.74, 6) is 1.78. The van der Waals surface area contributed by atoms with Crippen LogP contribution in [0.25, 0.3) is 0 Å². The molecule has 0 fully saturated rings. The number of nitrogens with one attached hydrogen (secondary N) is 1. The fourth-order valence-corrected chi connectivity index (χ4v) is 1.63. The summed E-state index contributed by atoms with van der Waals surface area (Å²) in [6, 6.07) is 7.76. The van der Waals surface area contributed by atoms with Crippen molar-refractivity contribution in [2.24, 2.45) is 5.41 Å². The Morgan fingerprint density at radius 3 is 2.05 bits per heavy atom. The van der Waals surface area contributed by atoms with E-state index < -0.39 is 0 Å². The predicted molar refractivity (Wildman–Crippen MR) is 80.0 cm³/mol. The van der Waals surface area contributed by atoms with Crippen LogP contribution in [0.15, 0.2) is 24.3 Å². The van der Waals surface area contributed by atoms with Crippen molar-refractivity contribution in [3.63, 3.8) is 0 Å². The summed E-state index contributed by atoms with van der Waals surface area (Å²) < 4.78 is 11.0.